The van der Waals surface area contributed by atoms with Crippen molar-refractivity contribution in [2.24, 2.45) is 0 Å². The first kappa shape index (κ1) is 13.5. The van der Waals surface area contributed by atoms with Crippen LogP contribution >= 0.6 is 11.3 Å². The van der Waals surface area contributed by atoms with Crippen LogP contribution in [0.1, 0.15) is 37.5 Å². The van der Waals surface area contributed by atoms with Gasteiger partial charge in [-0.3, -0.25) is 0 Å². The number of methoxy groups -OCH3 is 1. The summed E-state index contributed by atoms with van der Waals surface area (Å²) >= 11 is 1.23. The van der Waals surface area contributed by atoms with E-state index in [-0.39, 0.29) is 0 Å². The zero-order chi connectivity index (χ0) is 13.6. The third-order valence-corrected chi connectivity index (χ3v) is 4.37. The zero-order valence-electron chi connectivity index (χ0n) is 11.1. The summed E-state index contributed by atoms with van der Waals surface area (Å²) in [7, 11) is 0.851. The van der Waals surface area contributed by atoms with Gasteiger partial charge in [-0.1, -0.05) is 0 Å². The van der Waals surface area contributed by atoms with Crippen molar-refractivity contribution in [2.45, 2.75) is 38.9 Å². The number of aromatic nitrogens is 1. The number of carbonyl (C=O) groups excluding carboxylic acids is 1. The lowest BCUT2D eigenvalue weighted by molar-refractivity contribution is 0.00578. The van der Waals surface area contributed by atoms with Crippen LogP contribution in [-0.2, 0) is 14.0 Å². The van der Waals surface area contributed by atoms with E-state index in [4.69, 9.17) is 9.31 Å². The highest BCUT2D eigenvalue weighted by atomic mass is 32.1. The van der Waals surface area contributed by atoms with Gasteiger partial charge in [0.2, 0.25) is 5.01 Å². The Morgan fingerprint density at radius 1 is 1.33 bits per heavy atom. The van der Waals surface area contributed by atoms with Gasteiger partial charge in [0.05, 0.1) is 23.1 Å². The number of carbonyl (C=O) groups is 1. The predicted molar refractivity (Wildman–Crippen MR) is 69.2 cm³/mol. The van der Waals surface area contributed by atoms with Gasteiger partial charge in [-0.25, -0.2) is 9.78 Å². The van der Waals surface area contributed by atoms with Gasteiger partial charge in [0.1, 0.15) is 0 Å². The Morgan fingerprint density at radius 3 is 2.39 bits per heavy atom. The number of esters is 1. The standard InChI is InChI=1S/C11H16BNO4S/c1-10(2)11(3,4)17-12(16-10)7-6-13-8(18-7)9(14)15-5/h6H,1-5H3. The molecule has 0 aromatic carbocycles. The fourth-order valence-corrected chi connectivity index (χ4v) is 2.33. The Morgan fingerprint density at radius 2 is 1.89 bits per heavy atom. The van der Waals surface area contributed by atoms with Crippen LogP contribution in [0.4, 0.5) is 0 Å². The lowest BCUT2D eigenvalue weighted by Crippen LogP contribution is -2.41. The van der Waals surface area contributed by atoms with Gasteiger partial charge in [-0.15, -0.1) is 11.3 Å². The van der Waals surface area contributed by atoms with Gasteiger partial charge >= 0.3 is 13.1 Å². The van der Waals surface area contributed by atoms with Crippen LogP contribution in [0, 0.1) is 0 Å². The van der Waals surface area contributed by atoms with E-state index in [9.17, 15) is 4.79 Å². The number of hydrogen-bond donors (Lipinski definition) is 0. The third-order valence-electron chi connectivity index (χ3n) is 3.37. The molecule has 1 aliphatic rings. The SMILES string of the molecule is COC(=O)c1ncc(B2OC(C)(C)C(C)(C)O2)s1. The molecular weight excluding hydrogens is 253 g/mol. The second-order valence-corrected chi connectivity index (χ2v) is 6.21. The molecule has 0 amide bonds. The largest absolute Gasteiger partial charge is 0.507 e. The molecule has 7 heteroatoms. The van der Waals surface area contributed by atoms with Crippen molar-refractivity contribution in [3.8, 4) is 0 Å². The van der Waals surface area contributed by atoms with Crippen molar-refractivity contribution in [2.75, 3.05) is 7.11 Å². The van der Waals surface area contributed by atoms with Crippen LogP contribution in [0.2, 0.25) is 0 Å². The van der Waals surface area contributed by atoms with Crippen LogP contribution in [0.5, 0.6) is 0 Å². The summed E-state index contributed by atoms with van der Waals surface area (Å²) in [4.78, 5) is 15.4. The minimum absolute atomic E-state index is 0.308. The number of nitrogens with zero attached hydrogens (tertiary/aromatic N) is 1. The highest BCUT2D eigenvalue weighted by Crippen LogP contribution is 2.36. The summed E-state index contributed by atoms with van der Waals surface area (Å²) in [5.74, 6) is -0.442. The number of ether oxygens (including phenoxy) is 1. The van der Waals surface area contributed by atoms with E-state index in [0.29, 0.717) is 5.01 Å². The number of thiazole rings is 1. The second-order valence-electron chi connectivity index (χ2n) is 5.15. The van der Waals surface area contributed by atoms with Crippen molar-refractivity contribution < 1.29 is 18.8 Å². The first-order valence-corrected chi connectivity index (χ1v) is 6.48. The molecule has 0 atom stereocenters. The minimum Gasteiger partial charge on any atom is -0.464 e. The van der Waals surface area contributed by atoms with E-state index in [1.807, 2.05) is 27.7 Å². The first-order valence-electron chi connectivity index (χ1n) is 5.66. The normalized spacial score (nSPS) is 21.1. The Balaban J connectivity index is 2.20. The van der Waals surface area contributed by atoms with Gasteiger partial charge in [0.25, 0.3) is 0 Å². The van der Waals surface area contributed by atoms with Gasteiger partial charge < -0.3 is 14.0 Å². The van der Waals surface area contributed by atoms with E-state index in [1.165, 1.54) is 18.4 Å². The number of rotatable bonds is 2. The molecular formula is C11H16BNO4S. The zero-order valence-corrected chi connectivity index (χ0v) is 12.0. The molecule has 0 spiro atoms. The van der Waals surface area contributed by atoms with E-state index < -0.39 is 24.3 Å². The smallest absolute Gasteiger partial charge is 0.464 e. The molecule has 5 nitrogen and oxygen atoms in total. The topological polar surface area (TPSA) is 57.7 Å². The van der Waals surface area contributed by atoms with Crippen molar-refractivity contribution in [1.29, 1.82) is 0 Å². The van der Waals surface area contributed by atoms with Crippen LogP contribution in [0.25, 0.3) is 0 Å². The summed E-state index contributed by atoms with van der Waals surface area (Å²) < 4.78 is 17.1. The average molecular weight is 269 g/mol. The maximum Gasteiger partial charge on any atom is 0.507 e. The lowest BCUT2D eigenvalue weighted by atomic mass is 9.89. The Bertz CT molecular complexity index is 455. The van der Waals surface area contributed by atoms with Crippen molar-refractivity contribution >= 4 is 29.2 Å². The second kappa shape index (κ2) is 4.33. The monoisotopic (exact) mass is 269 g/mol. The summed E-state index contributed by atoms with van der Waals surface area (Å²) in [6.45, 7) is 7.93. The minimum atomic E-state index is -0.481. The Hall–Kier alpha value is -0.915. The first-order chi connectivity index (χ1) is 8.27. The molecule has 1 aromatic rings. The summed E-state index contributed by atoms with van der Waals surface area (Å²) in [5, 5.41) is 0.308. The molecule has 0 bridgehead atoms. The fourth-order valence-electron chi connectivity index (χ4n) is 1.54. The molecule has 1 fully saturated rings. The van der Waals surface area contributed by atoms with Crippen molar-refractivity contribution in [3.05, 3.63) is 11.2 Å². The van der Waals surface area contributed by atoms with Crippen LogP contribution in [0.15, 0.2) is 6.20 Å². The molecule has 98 valence electrons. The molecule has 1 aliphatic heterocycles. The average Bonchev–Trinajstić information content (AvgIpc) is 2.82. The Labute approximate surface area is 111 Å². The summed E-state index contributed by atoms with van der Waals surface area (Å²) in [6, 6.07) is 0. The van der Waals surface area contributed by atoms with E-state index >= 15 is 0 Å². The predicted octanol–water partition coefficient (Wildman–Crippen LogP) is 1.23. The highest BCUT2D eigenvalue weighted by Gasteiger charge is 2.52. The lowest BCUT2D eigenvalue weighted by Gasteiger charge is -2.32. The molecule has 0 aliphatic carbocycles. The molecule has 1 aromatic heterocycles. The van der Waals surface area contributed by atoms with Crippen LogP contribution in [0.3, 0.4) is 0 Å². The molecule has 0 N–H and O–H groups in total. The van der Waals surface area contributed by atoms with Gasteiger partial charge in [0.15, 0.2) is 0 Å². The van der Waals surface area contributed by atoms with E-state index in [2.05, 4.69) is 9.72 Å². The van der Waals surface area contributed by atoms with Crippen molar-refractivity contribution in [1.82, 2.24) is 4.98 Å². The molecule has 2 rings (SSSR count). The molecule has 18 heavy (non-hydrogen) atoms. The summed E-state index contributed by atoms with van der Waals surface area (Å²) in [5.41, 5.74) is -0.791. The van der Waals surface area contributed by atoms with Gasteiger partial charge in [0, 0.05) is 6.20 Å². The quantitative estimate of drug-likeness (QED) is 0.597. The highest BCUT2D eigenvalue weighted by molar-refractivity contribution is 7.23. The Kier molecular flexibility index (Phi) is 3.25. The molecule has 1 saturated heterocycles. The van der Waals surface area contributed by atoms with E-state index in [1.54, 1.807) is 6.20 Å². The third kappa shape index (κ3) is 2.18. The fraction of sp³-hybridized carbons (Fsp3) is 0.636. The van der Waals surface area contributed by atoms with Gasteiger partial charge in [-0.05, 0) is 27.7 Å². The summed E-state index contributed by atoms with van der Waals surface area (Å²) in [6.07, 6.45) is 1.60. The van der Waals surface area contributed by atoms with Gasteiger partial charge in [-0.2, -0.15) is 0 Å². The molecule has 2 heterocycles. The molecule has 0 saturated carbocycles. The van der Waals surface area contributed by atoms with Crippen LogP contribution < -0.4 is 4.78 Å². The van der Waals surface area contributed by atoms with Crippen LogP contribution in [-0.4, -0.2) is 36.4 Å². The van der Waals surface area contributed by atoms with Crippen molar-refractivity contribution in [3.63, 3.8) is 0 Å². The van der Waals surface area contributed by atoms with E-state index in [0.717, 1.165) is 4.78 Å². The number of hydrogen-bond acceptors (Lipinski definition) is 6. The molecule has 0 unspecified atom stereocenters. The maximum absolute atomic E-state index is 11.3. The maximum atomic E-state index is 11.3. The molecule has 0 radical (unpaired) electrons.